The minimum absolute atomic E-state index is 0.335. The number of hydrogen-bond donors (Lipinski definition) is 1. The molecule has 0 aliphatic carbocycles. The summed E-state index contributed by atoms with van der Waals surface area (Å²) in [6, 6.07) is 0. The second-order valence-corrected chi connectivity index (χ2v) is 1.59. The molecule has 0 aromatic heterocycles. The van der Waals surface area contributed by atoms with E-state index in [1.54, 1.807) is 0 Å². The van der Waals surface area contributed by atoms with Crippen LogP contribution >= 0.6 is 8.96 Å². The summed E-state index contributed by atoms with van der Waals surface area (Å²) in [5.41, 5.74) is 0. The van der Waals surface area contributed by atoms with Crippen LogP contribution in [0, 0.1) is 0 Å². The van der Waals surface area contributed by atoms with Crippen molar-refractivity contribution in [3.8, 4) is 0 Å². The quantitative estimate of drug-likeness (QED) is 0.401. The Hall–Kier alpha value is 0.350. The Balaban J connectivity index is 2.34. The van der Waals surface area contributed by atoms with Crippen molar-refractivity contribution in [2.24, 2.45) is 0 Å². The number of nitrogens with one attached hydrogen (secondary N) is 1. The van der Waals surface area contributed by atoms with Crippen LogP contribution in [0.3, 0.4) is 0 Å². The molecule has 1 atom stereocenters. The summed E-state index contributed by atoms with van der Waals surface area (Å²) < 4.78 is 0. The highest BCUT2D eigenvalue weighted by Gasteiger charge is 1.67. The fourth-order valence-electron chi connectivity index (χ4n) is 0.176. The maximum atomic E-state index is 9.61. The van der Waals surface area contributed by atoms with Gasteiger partial charge in [-0.3, -0.25) is 0 Å². The molecular formula is C3H9NOP-. The highest BCUT2D eigenvalue weighted by Crippen LogP contribution is 1.82. The summed E-state index contributed by atoms with van der Waals surface area (Å²) in [7, 11) is -0.335. The van der Waals surface area contributed by atoms with Gasteiger partial charge in [0, 0.05) is 0 Å². The van der Waals surface area contributed by atoms with Gasteiger partial charge in [-0.15, -0.1) is 0 Å². The van der Waals surface area contributed by atoms with Crippen molar-refractivity contribution in [1.29, 1.82) is 0 Å². The maximum absolute atomic E-state index is 9.61. The molecule has 0 aromatic rings. The zero-order valence-corrected chi connectivity index (χ0v) is 4.82. The number of rotatable bonds is 3. The van der Waals surface area contributed by atoms with Gasteiger partial charge in [-0.05, 0) is 13.0 Å². The van der Waals surface area contributed by atoms with Crippen molar-refractivity contribution < 1.29 is 4.89 Å². The highest BCUT2D eigenvalue weighted by atomic mass is 31.1. The lowest BCUT2D eigenvalue weighted by molar-refractivity contribution is -0.153. The van der Waals surface area contributed by atoms with Crippen LogP contribution in [0.1, 0.15) is 13.3 Å². The normalized spacial score (nSPS) is 11.0. The molecule has 0 aliphatic heterocycles. The van der Waals surface area contributed by atoms with E-state index in [1.165, 1.54) is 0 Å². The predicted octanol–water partition coefficient (Wildman–Crippen LogP) is -0.145. The van der Waals surface area contributed by atoms with E-state index in [1.807, 2.05) is 6.92 Å². The first kappa shape index (κ1) is 6.35. The molecule has 0 aliphatic rings. The summed E-state index contributed by atoms with van der Waals surface area (Å²) in [6.07, 6.45) is 1.05. The average Bonchev–Trinajstić information content (AvgIpc) is 1.61. The minimum atomic E-state index is -0.335. The molecule has 0 aromatic carbocycles. The largest absolute Gasteiger partial charge is 0.820 e. The van der Waals surface area contributed by atoms with E-state index in [-0.39, 0.29) is 8.96 Å². The van der Waals surface area contributed by atoms with Crippen LogP contribution in [0.2, 0.25) is 0 Å². The molecule has 6 heavy (non-hydrogen) atoms. The molecule has 0 fully saturated rings. The topological polar surface area (TPSA) is 35.1 Å². The summed E-state index contributed by atoms with van der Waals surface area (Å²) in [5, 5.41) is 2.67. The third-order valence-electron chi connectivity index (χ3n) is 0.447. The van der Waals surface area contributed by atoms with Gasteiger partial charge in [0.05, 0.1) is 0 Å². The maximum Gasteiger partial charge on any atom is -0.00272 e. The predicted molar refractivity (Wildman–Crippen MR) is 26.6 cm³/mol. The Kier molecular flexibility index (Phi) is 5.66. The van der Waals surface area contributed by atoms with Crippen molar-refractivity contribution in [3.63, 3.8) is 0 Å². The Labute approximate surface area is 39.9 Å². The van der Waals surface area contributed by atoms with E-state index in [0.717, 1.165) is 13.0 Å². The van der Waals surface area contributed by atoms with Gasteiger partial charge in [0.25, 0.3) is 0 Å². The van der Waals surface area contributed by atoms with Crippen molar-refractivity contribution in [2.45, 2.75) is 13.3 Å². The zero-order chi connectivity index (χ0) is 4.83. The fraction of sp³-hybridized carbons (Fsp3) is 1.00. The first-order valence-electron chi connectivity index (χ1n) is 2.01. The van der Waals surface area contributed by atoms with E-state index < -0.39 is 0 Å². The van der Waals surface area contributed by atoms with Gasteiger partial charge < -0.3 is 9.98 Å². The molecule has 2 nitrogen and oxygen atoms in total. The Morgan fingerprint density at radius 2 is 2.50 bits per heavy atom. The summed E-state index contributed by atoms with van der Waals surface area (Å²) in [5.74, 6) is 0. The zero-order valence-electron chi connectivity index (χ0n) is 3.82. The molecule has 0 spiro atoms. The van der Waals surface area contributed by atoms with Gasteiger partial charge in [0.1, 0.15) is 0 Å². The lowest BCUT2D eigenvalue weighted by atomic mass is 10.5. The summed E-state index contributed by atoms with van der Waals surface area (Å²) in [4.78, 5) is 9.61. The molecule has 38 valence electrons. The second-order valence-electron chi connectivity index (χ2n) is 1.03. The second kappa shape index (κ2) is 5.35. The molecule has 1 N–H and O–H groups in total. The van der Waals surface area contributed by atoms with Gasteiger partial charge in [-0.25, -0.2) is 0 Å². The SMILES string of the molecule is CCCNP[O-]. The molecule has 0 radical (unpaired) electrons. The molecular weight excluding hydrogens is 97.0 g/mol. The first-order chi connectivity index (χ1) is 2.91. The molecule has 0 rings (SSSR count). The van der Waals surface area contributed by atoms with Gasteiger partial charge in [-0.2, -0.15) is 8.96 Å². The van der Waals surface area contributed by atoms with Crippen molar-refractivity contribution in [2.75, 3.05) is 6.54 Å². The lowest BCUT2D eigenvalue weighted by Crippen LogP contribution is -2.06. The van der Waals surface area contributed by atoms with Gasteiger partial charge in [0.2, 0.25) is 0 Å². The fourth-order valence-corrected chi connectivity index (χ4v) is 0.528. The third kappa shape index (κ3) is 4.35. The van der Waals surface area contributed by atoms with Crippen LogP contribution in [0.4, 0.5) is 0 Å². The third-order valence-corrected chi connectivity index (χ3v) is 0.842. The number of hydrogen-bond acceptors (Lipinski definition) is 2. The van der Waals surface area contributed by atoms with E-state index in [9.17, 15) is 4.89 Å². The van der Waals surface area contributed by atoms with E-state index in [0.29, 0.717) is 0 Å². The molecule has 0 saturated carbocycles. The van der Waals surface area contributed by atoms with Crippen LogP contribution in [-0.4, -0.2) is 6.54 Å². The van der Waals surface area contributed by atoms with E-state index in [2.05, 4.69) is 5.09 Å². The molecule has 0 heterocycles. The smallest absolute Gasteiger partial charge is 0.00272 e. The Bertz CT molecular complexity index is 22.8. The van der Waals surface area contributed by atoms with Gasteiger partial charge in [-0.1, -0.05) is 6.92 Å². The van der Waals surface area contributed by atoms with Gasteiger partial charge in [0.15, 0.2) is 0 Å². The highest BCUT2D eigenvalue weighted by molar-refractivity contribution is 7.26. The monoisotopic (exact) mass is 106 g/mol. The van der Waals surface area contributed by atoms with E-state index >= 15 is 0 Å². The summed E-state index contributed by atoms with van der Waals surface area (Å²) in [6.45, 7) is 2.90. The standard InChI is InChI=1S/C3H9NOP/c1-2-3-4-6-5/h4,6H,2-3H2,1H3/q-1. The summed E-state index contributed by atoms with van der Waals surface area (Å²) >= 11 is 0. The van der Waals surface area contributed by atoms with Crippen molar-refractivity contribution in [3.05, 3.63) is 0 Å². The van der Waals surface area contributed by atoms with E-state index in [4.69, 9.17) is 0 Å². The molecule has 0 saturated heterocycles. The molecule has 0 amide bonds. The van der Waals surface area contributed by atoms with Crippen LogP contribution < -0.4 is 9.98 Å². The Morgan fingerprint density at radius 3 is 2.67 bits per heavy atom. The molecule has 0 bridgehead atoms. The van der Waals surface area contributed by atoms with Crippen LogP contribution in [-0.2, 0) is 0 Å². The average molecular weight is 106 g/mol. The van der Waals surface area contributed by atoms with Gasteiger partial charge >= 0.3 is 0 Å². The van der Waals surface area contributed by atoms with Crippen LogP contribution in [0.5, 0.6) is 0 Å². The van der Waals surface area contributed by atoms with Crippen molar-refractivity contribution >= 4 is 8.96 Å². The minimum Gasteiger partial charge on any atom is -0.820 e. The molecule has 1 unspecified atom stereocenters. The Morgan fingerprint density at radius 1 is 1.83 bits per heavy atom. The van der Waals surface area contributed by atoms with Crippen LogP contribution in [0.15, 0.2) is 0 Å². The molecule has 3 heteroatoms. The lowest BCUT2D eigenvalue weighted by Gasteiger charge is -2.02. The first-order valence-corrected chi connectivity index (χ1v) is 2.92. The van der Waals surface area contributed by atoms with Crippen LogP contribution in [0.25, 0.3) is 0 Å². The van der Waals surface area contributed by atoms with Crippen molar-refractivity contribution in [1.82, 2.24) is 5.09 Å².